The Kier molecular flexibility index (Phi) is 3.43. The van der Waals surface area contributed by atoms with Gasteiger partial charge in [-0.25, -0.2) is 0 Å². The van der Waals surface area contributed by atoms with E-state index in [1.165, 1.54) is 6.92 Å². The average Bonchev–Trinajstić information content (AvgIpc) is 2.02. The monoisotopic (exact) mass is 204 g/mol. The first-order chi connectivity index (χ1) is 6.43. The Hall–Kier alpha value is -0.690. The van der Waals surface area contributed by atoms with Gasteiger partial charge in [0.15, 0.2) is 0 Å². The number of nitrogens with zero attached hydrogens (tertiary/aromatic N) is 1. The number of carbonyl (C=O) groups is 1. The molecule has 0 aromatic heterocycles. The fourth-order valence-corrected chi connectivity index (χ4v) is 1.78. The number of hydrogen-bond donors (Lipinski definition) is 4. The van der Waals surface area contributed by atoms with E-state index in [2.05, 4.69) is 5.32 Å². The Balaban J connectivity index is 2.71. The molecule has 0 unspecified atom stereocenters. The molecule has 0 aromatic carbocycles. The highest BCUT2D eigenvalue weighted by molar-refractivity contribution is 5.73. The van der Waals surface area contributed by atoms with E-state index in [-0.39, 0.29) is 6.04 Å². The van der Waals surface area contributed by atoms with Crippen LogP contribution in [-0.4, -0.2) is 51.4 Å². The van der Waals surface area contributed by atoms with Crippen LogP contribution < -0.4 is 5.32 Å². The average molecular weight is 204 g/mol. The lowest BCUT2D eigenvalue weighted by atomic mass is 10.1. The van der Waals surface area contributed by atoms with Crippen LogP contribution in [0.15, 0.2) is 0 Å². The highest BCUT2D eigenvalue weighted by Gasteiger charge is 2.37. The SMILES string of the molecule is CC(=O)N(C1CCNCC1)C(O)(O)O. The Bertz CT molecular complexity index is 208. The minimum Gasteiger partial charge on any atom is -0.325 e. The molecule has 1 aliphatic heterocycles. The van der Waals surface area contributed by atoms with Gasteiger partial charge in [-0.2, -0.15) is 0 Å². The van der Waals surface area contributed by atoms with Gasteiger partial charge >= 0.3 is 6.10 Å². The van der Waals surface area contributed by atoms with Crippen molar-refractivity contribution in [1.29, 1.82) is 0 Å². The van der Waals surface area contributed by atoms with Crippen molar-refractivity contribution in [3.05, 3.63) is 0 Å². The van der Waals surface area contributed by atoms with Gasteiger partial charge in [-0.3, -0.25) is 9.69 Å². The van der Waals surface area contributed by atoms with Crippen LogP contribution in [0, 0.1) is 0 Å². The quantitative estimate of drug-likeness (QED) is 0.397. The van der Waals surface area contributed by atoms with E-state index in [4.69, 9.17) is 15.3 Å². The highest BCUT2D eigenvalue weighted by atomic mass is 16.7. The van der Waals surface area contributed by atoms with Gasteiger partial charge in [-0.1, -0.05) is 0 Å². The fourth-order valence-electron chi connectivity index (χ4n) is 1.78. The fraction of sp³-hybridized carbons (Fsp3) is 0.875. The van der Waals surface area contributed by atoms with E-state index in [1.807, 2.05) is 0 Å². The lowest BCUT2D eigenvalue weighted by Crippen LogP contribution is -2.58. The van der Waals surface area contributed by atoms with Crippen molar-refractivity contribution in [2.45, 2.75) is 31.9 Å². The summed E-state index contributed by atoms with van der Waals surface area (Å²) in [6.07, 6.45) is -1.85. The van der Waals surface area contributed by atoms with Crippen molar-refractivity contribution in [2.75, 3.05) is 13.1 Å². The van der Waals surface area contributed by atoms with E-state index < -0.39 is 12.0 Å². The zero-order valence-corrected chi connectivity index (χ0v) is 8.10. The minimum absolute atomic E-state index is 0.325. The molecule has 82 valence electrons. The molecule has 0 aliphatic carbocycles. The molecule has 6 nitrogen and oxygen atoms in total. The first kappa shape index (κ1) is 11.4. The summed E-state index contributed by atoms with van der Waals surface area (Å²) < 4.78 is 0. The molecule has 1 heterocycles. The molecule has 0 aromatic rings. The van der Waals surface area contributed by atoms with Gasteiger partial charge in [0.1, 0.15) is 0 Å². The largest absolute Gasteiger partial charge is 0.372 e. The van der Waals surface area contributed by atoms with Crippen LogP contribution in [0.1, 0.15) is 19.8 Å². The first-order valence-electron chi connectivity index (χ1n) is 4.60. The van der Waals surface area contributed by atoms with Crippen molar-refractivity contribution < 1.29 is 20.1 Å². The van der Waals surface area contributed by atoms with E-state index in [0.717, 1.165) is 0 Å². The first-order valence-corrected chi connectivity index (χ1v) is 4.60. The maximum atomic E-state index is 11.1. The number of hydrogen-bond acceptors (Lipinski definition) is 5. The Morgan fingerprint density at radius 1 is 1.36 bits per heavy atom. The molecule has 0 bridgehead atoms. The summed E-state index contributed by atoms with van der Waals surface area (Å²) in [7, 11) is 0. The van der Waals surface area contributed by atoms with Crippen molar-refractivity contribution in [3.63, 3.8) is 0 Å². The second-order valence-electron chi connectivity index (χ2n) is 3.47. The van der Waals surface area contributed by atoms with Crippen LogP contribution in [0.25, 0.3) is 0 Å². The predicted molar refractivity (Wildman–Crippen MR) is 47.8 cm³/mol. The van der Waals surface area contributed by atoms with Gasteiger partial charge in [-0.15, -0.1) is 0 Å². The van der Waals surface area contributed by atoms with Crippen LogP contribution in [0.4, 0.5) is 0 Å². The number of rotatable bonds is 2. The summed E-state index contributed by atoms with van der Waals surface area (Å²) in [5.41, 5.74) is 0. The van der Waals surface area contributed by atoms with Crippen LogP contribution >= 0.6 is 0 Å². The molecular weight excluding hydrogens is 188 g/mol. The molecule has 14 heavy (non-hydrogen) atoms. The normalized spacial score (nSPS) is 19.4. The van der Waals surface area contributed by atoms with Gasteiger partial charge in [0.25, 0.3) is 0 Å². The highest BCUT2D eigenvalue weighted by Crippen LogP contribution is 2.17. The van der Waals surface area contributed by atoms with Crippen LogP contribution in [0.5, 0.6) is 0 Å². The molecule has 1 amide bonds. The van der Waals surface area contributed by atoms with E-state index in [9.17, 15) is 4.79 Å². The Morgan fingerprint density at radius 2 is 1.86 bits per heavy atom. The van der Waals surface area contributed by atoms with Crippen molar-refractivity contribution in [3.8, 4) is 0 Å². The van der Waals surface area contributed by atoms with Crippen LogP contribution in [-0.2, 0) is 4.79 Å². The predicted octanol–water partition coefficient (Wildman–Crippen LogP) is -1.82. The maximum Gasteiger partial charge on any atom is 0.372 e. The third-order valence-corrected chi connectivity index (χ3v) is 2.34. The second kappa shape index (κ2) is 4.22. The summed E-state index contributed by atoms with van der Waals surface area (Å²) in [5, 5.41) is 30.1. The van der Waals surface area contributed by atoms with Crippen molar-refractivity contribution >= 4 is 5.91 Å². The maximum absolute atomic E-state index is 11.1. The lowest BCUT2D eigenvalue weighted by molar-refractivity contribution is -0.389. The summed E-state index contributed by atoms with van der Waals surface area (Å²) >= 11 is 0. The number of nitrogens with one attached hydrogen (secondary N) is 1. The third kappa shape index (κ3) is 2.65. The minimum atomic E-state index is -3.05. The zero-order chi connectivity index (χ0) is 10.8. The zero-order valence-electron chi connectivity index (χ0n) is 8.10. The molecule has 1 fully saturated rings. The van der Waals surface area contributed by atoms with E-state index in [1.54, 1.807) is 0 Å². The molecule has 0 atom stereocenters. The summed E-state index contributed by atoms with van der Waals surface area (Å²) in [5.74, 6) is -0.551. The molecular formula is C8H16N2O4. The van der Waals surface area contributed by atoms with E-state index >= 15 is 0 Å². The van der Waals surface area contributed by atoms with Crippen molar-refractivity contribution in [1.82, 2.24) is 10.2 Å². The lowest BCUT2D eigenvalue weighted by Gasteiger charge is -2.38. The third-order valence-electron chi connectivity index (χ3n) is 2.34. The summed E-state index contributed by atoms with van der Waals surface area (Å²) in [6, 6.07) is -0.325. The topological polar surface area (TPSA) is 93.0 Å². The smallest absolute Gasteiger partial charge is 0.325 e. The number of amides is 1. The number of piperidine rings is 1. The Labute approximate surface area is 82.1 Å². The number of aliphatic hydroxyl groups is 3. The second-order valence-corrected chi connectivity index (χ2v) is 3.47. The molecule has 4 N–H and O–H groups in total. The Morgan fingerprint density at radius 3 is 2.21 bits per heavy atom. The molecule has 0 saturated carbocycles. The molecule has 1 rings (SSSR count). The molecule has 1 saturated heterocycles. The van der Waals surface area contributed by atoms with Gasteiger partial charge < -0.3 is 20.6 Å². The van der Waals surface area contributed by atoms with E-state index in [0.29, 0.717) is 30.8 Å². The van der Waals surface area contributed by atoms with Crippen LogP contribution in [0.3, 0.4) is 0 Å². The van der Waals surface area contributed by atoms with Gasteiger partial charge in [-0.05, 0) is 25.9 Å². The van der Waals surface area contributed by atoms with Gasteiger partial charge in [0.2, 0.25) is 5.91 Å². The van der Waals surface area contributed by atoms with Gasteiger partial charge in [0.05, 0.1) is 0 Å². The number of carbonyl (C=O) groups excluding carboxylic acids is 1. The van der Waals surface area contributed by atoms with Crippen molar-refractivity contribution in [2.24, 2.45) is 0 Å². The summed E-state index contributed by atoms with van der Waals surface area (Å²) in [4.78, 5) is 11.8. The molecule has 1 aliphatic rings. The molecule has 0 radical (unpaired) electrons. The van der Waals surface area contributed by atoms with Gasteiger partial charge in [0, 0.05) is 13.0 Å². The van der Waals surface area contributed by atoms with Crippen LogP contribution in [0.2, 0.25) is 0 Å². The summed E-state index contributed by atoms with van der Waals surface area (Å²) in [6.45, 7) is 2.59. The molecule has 0 spiro atoms. The molecule has 6 heteroatoms. The standard InChI is InChI=1S/C8H16N2O4/c1-6(11)10(8(12,13)14)7-2-4-9-5-3-7/h7,9,12-14H,2-5H2,1H3.